The smallest absolute Gasteiger partial charge is 0.355 e. The normalized spacial score (nSPS) is 13.0. The van der Waals surface area contributed by atoms with Gasteiger partial charge in [-0.1, -0.05) is 0 Å². The molecule has 9 nitrogen and oxygen atoms in total. The zero-order valence-electron chi connectivity index (χ0n) is 16.6. The van der Waals surface area contributed by atoms with Crippen molar-refractivity contribution in [3.63, 3.8) is 0 Å². The van der Waals surface area contributed by atoms with Crippen molar-refractivity contribution in [1.29, 1.82) is 0 Å². The van der Waals surface area contributed by atoms with Crippen LogP contribution in [0.5, 0.6) is 11.5 Å². The Kier molecular flexibility index (Phi) is 5.76. The van der Waals surface area contributed by atoms with Crippen molar-refractivity contribution in [1.82, 2.24) is 4.98 Å². The Morgan fingerprint density at radius 3 is 2.62 bits per heavy atom. The minimum atomic E-state index is -1.06. The minimum absolute atomic E-state index is 0.129. The molecule has 1 aliphatic heterocycles. The zero-order valence-corrected chi connectivity index (χ0v) is 16.6. The predicted octanol–water partition coefficient (Wildman–Crippen LogP) is 2.72. The Bertz CT molecular complexity index is 964. The van der Waals surface area contributed by atoms with Gasteiger partial charge in [0.1, 0.15) is 5.69 Å². The number of anilines is 1. The molecule has 0 unspecified atom stereocenters. The number of amides is 1. The maximum absolute atomic E-state index is 12.6. The molecule has 9 heteroatoms. The lowest BCUT2D eigenvalue weighted by Gasteiger charge is -2.14. The van der Waals surface area contributed by atoms with Gasteiger partial charge in [-0.05, 0) is 45.4 Å². The summed E-state index contributed by atoms with van der Waals surface area (Å²) >= 11 is 0. The van der Waals surface area contributed by atoms with E-state index in [-0.39, 0.29) is 24.7 Å². The number of fused-ring (bicyclic) bond motifs is 1. The Balaban J connectivity index is 1.67. The van der Waals surface area contributed by atoms with Gasteiger partial charge in [-0.3, -0.25) is 4.79 Å². The fourth-order valence-corrected chi connectivity index (χ4v) is 2.95. The Morgan fingerprint density at radius 2 is 1.90 bits per heavy atom. The van der Waals surface area contributed by atoms with Gasteiger partial charge >= 0.3 is 11.9 Å². The van der Waals surface area contributed by atoms with E-state index in [9.17, 15) is 14.4 Å². The maximum Gasteiger partial charge on any atom is 0.355 e. The first-order chi connectivity index (χ1) is 13.8. The molecule has 0 aliphatic carbocycles. The first-order valence-corrected chi connectivity index (χ1v) is 9.09. The topological polar surface area (TPSA) is 116 Å². The van der Waals surface area contributed by atoms with Crippen LogP contribution in [0.3, 0.4) is 0 Å². The first kappa shape index (κ1) is 20.2. The number of nitrogens with one attached hydrogen (secondary N) is 2. The van der Waals surface area contributed by atoms with E-state index < -0.39 is 23.9 Å². The molecule has 29 heavy (non-hydrogen) atoms. The monoisotopic (exact) mass is 402 g/mol. The lowest BCUT2D eigenvalue weighted by atomic mass is 10.1. The lowest BCUT2D eigenvalue weighted by molar-refractivity contribution is -0.123. The minimum Gasteiger partial charge on any atom is -0.461 e. The number of ether oxygens (including phenoxy) is 4. The number of esters is 2. The first-order valence-electron chi connectivity index (χ1n) is 9.09. The third kappa shape index (κ3) is 4.18. The molecule has 1 aliphatic rings. The Labute approximate surface area is 167 Å². The average molecular weight is 402 g/mol. The Hall–Kier alpha value is -3.49. The van der Waals surface area contributed by atoms with Crippen LogP contribution in [0.15, 0.2) is 18.2 Å². The molecule has 2 N–H and O–H groups in total. The summed E-state index contributed by atoms with van der Waals surface area (Å²) in [5, 5.41) is 2.66. The van der Waals surface area contributed by atoms with Crippen LogP contribution >= 0.6 is 0 Å². The van der Waals surface area contributed by atoms with E-state index in [0.29, 0.717) is 28.4 Å². The number of benzene rings is 1. The number of rotatable bonds is 6. The van der Waals surface area contributed by atoms with Gasteiger partial charge in [0.15, 0.2) is 17.6 Å². The predicted molar refractivity (Wildman–Crippen MR) is 102 cm³/mol. The summed E-state index contributed by atoms with van der Waals surface area (Å²) in [6, 6.07) is 4.96. The highest BCUT2D eigenvalue weighted by atomic mass is 16.7. The molecule has 1 aromatic carbocycles. The van der Waals surface area contributed by atoms with Gasteiger partial charge in [0.25, 0.3) is 5.91 Å². The highest BCUT2D eigenvalue weighted by Crippen LogP contribution is 2.34. The summed E-state index contributed by atoms with van der Waals surface area (Å²) in [6.45, 7) is 6.76. The molecule has 3 rings (SSSR count). The van der Waals surface area contributed by atoms with Crippen LogP contribution in [0.2, 0.25) is 0 Å². The van der Waals surface area contributed by atoms with Gasteiger partial charge in [0, 0.05) is 17.4 Å². The van der Waals surface area contributed by atoms with Crippen molar-refractivity contribution >= 4 is 23.5 Å². The molecule has 0 bridgehead atoms. The molecular formula is C20H22N2O7. The van der Waals surface area contributed by atoms with Gasteiger partial charge in [-0.2, -0.15) is 0 Å². The molecule has 0 spiro atoms. The second kappa shape index (κ2) is 8.26. The van der Waals surface area contributed by atoms with Crippen molar-refractivity contribution < 1.29 is 33.3 Å². The maximum atomic E-state index is 12.6. The Morgan fingerprint density at radius 1 is 1.17 bits per heavy atom. The van der Waals surface area contributed by atoms with Gasteiger partial charge in [-0.15, -0.1) is 0 Å². The van der Waals surface area contributed by atoms with E-state index >= 15 is 0 Å². The largest absolute Gasteiger partial charge is 0.461 e. The third-order valence-electron chi connectivity index (χ3n) is 4.41. The summed E-state index contributed by atoms with van der Waals surface area (Å²) in [5.41, 5.74) is 1.75. The van der Waals surface area contributed by atoms with E-state index in [0.717, 1.165) is 0 Å². The SMILES string of the molecule is CCOC(=O)c1[nH]c(C)c(C(=O)O[C@H](C)C(=O)Nc2ccc3c(c2)OCO3)c1C. The number of aromatic amines is 1. The molecule has 1 aromatic heterocycles. The second-order valence-electron chi connectivity index (χ2n) is 6.45. The second-order valence-corrected chi connectivity index (χ2v) is 6.45. The summed E-state index contributed by atoms with van der Waals surface area (Å²) in [4.78, 5) is 39.8. The number of hydrogen-bond acceptors (Lipinski definition) is 7. The quantitative estimate of drug-likeness (QED) is 0.714. The van der Waals surface area contributed by atoms with E-state index in [1.165, 1.54) is 6.92 Å². The van der Waals surface area contributed by atoms with Crippen LogP contribution in [-0.2, 0) is 14.3 Å². The molecule has 0 radical (unpaired) electrons. The van der Waals surface area contributed by atoms with Crippen LogP contribution in [0.25, 0.3) is 0 Å². The van der Waals surface area contributed by atoms with E-state index in [4.69, 9.17) is 18.9 Å². The van der Waals surface area contributed by atoms with Crippen molar-refractivity contribution in [2.75, 3.05) is 18.7 Å². The molecule has 0 saturated carbocycles. The van der Waals surface area contributed by atoms with Crippen LogP contribution in [-0.4, -0.2) is 42.3 Å². The van der Waals surface area contributed by atoms with Crippen LogP contribution in [0.4, 0.5) is 5.69 Å². The van der Waals surface area contributed by atoms with Gasteiger partial charge in [0.05, 0.1) is 12.2 Å². The molecule has 2 aromatic rings. The molecule has 1 amide bonds. The van der Waals surface area contributed by atoms with Crippen molar-refractivity contribution in [2.45, 2.75) is 33.8 Å². The molecule has 0 fully saturated rings. The summed E-state index contributed by atoms with van der Waals surface area (Å²) in [7, 11) is 0. The van der Waals surface area contributed by atoms with Crippen molar-refractivity contribution in [2.24, 2.45) is 0 Å². The zero-order chi connectivity index (χ0) is 21.1. The molecule has 1 atom stereocenters. The third-order valence-corrected chi connectivity index (χ3v) is 4.41. The standard InChI is InChI=1S/C20H22N2O7/c1-5-26-20(25)17-10(2)16(11(3)21-17)19(24)29-12(4)18(23)22-13-6-7-14-15(8-13)28-9-27-14/h6-8,12,21H,5,9H2,1-4H3,(H,22,23)/t12-/m1/s1. The van der Waals surface area contributed by atoms with Crippen molar-refractivity contribution in [3.05, 3.63) is 40.7 Å². The molecule has 154 valence electrons. The summed E-state index contributed by atoms with van der Waals surface area (Å²) < 4.78 is 20.8. The van der Waals surface area contributed by atoms with E-state index in [2.05, 4.69) is 10.3 Å². The van der Waals surface area contributed by atoms with Crippen molar-refractivity contribution in [3.8, 4) is 11.5 Å². The number of aryl methyl sites for hydroxylation is 1. The van der Waals surface area contributed by atoms with E-state index in [1.54, 1.807) is 39.0 Å². The number of hydrogen-bond donors (Lipinski definition) is 2. The fourth-order valence-electron chi connectivity index (χ4n) is 2.95. The highest BCUT2D eigenvalue weighted by Gasteiger charge is 2.27. The lowest BCUT2D eigenvalue weighted by Crippen LogP contribution is -2.30. The van der Waals surface area contributed by atoms with Crippen LogP contribution < -0.4 is 14.8 Å². The number of H-pyrrole nitrogens is 1. The van der Waals surface area contributed by atoms with Crippen LogP contribution in [0, 0.1) is 13.8 Å². The molecule has 0 saturated heterocycles. The summed E-state index contributed by atoms with van der Waals surface area (Å²) in [6.07, 6.45) is -1.06. The molecular weight excluding hydrogens is 380 g/mol. The number of aromatic nitrogens is 1. The van der Waals surface area contributed by atoms with Gasteiger partial charge < -0.3 is 29.2 Å². The number of carbonyl (C=O) groups excluding carboxylic acids is 3. The fraction of sp³-hybridized carbons (Fsp3) is 0.350. The van der Waals surface area contributed by atoms with Crippen LogP contribution in [0.1, 0.15) is 46.0 Å². The van der Waals surface area contributed by atoms with Gasteiger partial charge in [-0.25, -0.2) is 9.59 Å². The summed E-state index contributed by atoms with van der Waals surface area (Å²) in [5.74, 6) is -0.648. The average Bonchev–Trinajstić information content (AvgIpc) is 3.25. The van der Waals surface area contributed by atoms with Gasteiger partial charge in [0.2, 0.25) is 6.79 Å². The molecule has 2 heterocycles. The highest BCUT2D eigenvalue weighted by molar-refractivity contribution is 6.01. The number of carbonyl (C=O) groups is 3. The van der Waals surface area contributed by atoms with E-state index in [1.807, 2.05) is 0 Å².